The van der Waals surface area contributed by atoms with Gasteiger partial charge in [0.1, 0.15) is 5.75 Å². The Kier molecular flexibility index (Phi) is 2.79. The fraction of sp³-hybridized carbons (Fsp3) is 0.0667. The Morgan fingerprint density at radius 2 is 1.86 bits per heavy atom. The van der Waals surface area contributed by atoms with E-state index in [1.54, 1.807) is 18.2 Å². The molecule has 1 aliphatic heterocycles. The zero-order valence-electron chi connectivity index (χ0n) is 10.7. The number of hydrogen-bond donors (Lipinski definition) is 0. The van der Waals surface area contributed by atoms with Crippen molar-refractivity contribution in [2.45, 2.75) is 0 Å². The van der Waals surface area contributed by atoms with E-state index in [4.69, 9.17) is 25.8 Å². The molecule has 2 heterocycles. The lowest BCUT2D eigenvalue weighted by molar-refractivity contribution is 0.174. The lowest BCUT2D eigenvalue weighted by Gasteiger charge is -2.08. The number of benzene rings is 2. The summed E-state index contributed by atoms with van der Waals surface area (Å²) in [6.07, 6.45) is 0. The van der Waals surface area contributed by atoms with Crippen molar-refractivity contribution in [1.82, 2.24) is 9.97 Å². The van der Waals surface area contributed by atoms with Crippen LogP contribution in [0.25, 0.3) is 10.9 Å². The highest BCUT2D eigenvalue weighted by Gasteiger charge is 2.15. The molecule has 3 aromatic rings. The second-order valence-electron chi connectivity index (χ2n) is 4.43. The van der Waals surface area contributed by atoms with Gasteiger partial charge in [0, 0.05) is 6.07 Å². The molecule has 0 amide bonds. The van der Waals surface area contributed by atoms with E-state index in [1.807, 2.05) is 24.3 Å². The molecule has 0 spiro atoms. The lowest BCUT2D eigenvalue weighted by atomic mass is 10.2. The minimum Gasteiger partial charge on any atom is -0.454 e. The van der Waals surface area contributed by atoms with Crippen molar-refractivity contribution in [3.05, 3.63) is 47.7 Å². The molecule has 2 aromatic carbocycles. The summed E-state index contributed by atoms with van der Waals surface area (Å²) < 4.78 is 16.4. The zero-order valence-corrected chi connectivity index (χ0v) is 11.5. The first kappa shape index (κ1) is 12.2. The summed E-state index contributed by atoms with van der Waals surface area (Å²) in [6, 6.07) is 12.9. The first-order chi connectivity index (χ1) is 10.3. The van der Waals surface area contributed by atoms with Gasteiger partial charge in [0.15, 0.2) is 11.5 Å². The molecule has 0 atom stereocenters. The molecule has 0 radical (unpaired) electrons. The van der Waals surface area contributed by atoms with Gasteiger partial charge >= 0.3 is 0 Å². The zero-order chi connectivity index (χ0) is 14.2. The van der Waals surface area contributed by atoms with E-state index in [9.17, 15) is 0 Å². The van der Waals surface area contributed by atoms with Crippen LogP contribution in [-0.2, 0) is 0 Å². The maximum Gasteiger partial charge on any atom is 0.231 e. The number of hydrogen-bond acceptors (Lipinski definition) is 5. The van der Waals surface area contributed by atoms with Crippen LogP contribution in [0.1, 0.15) is 0 Å². The van der Waals surface area contributed by atoms with Crippen LogP contribution in [0.2, 0.25) is 5.28 Å². The molecule has 5 nitrogen and oxygen atoms in total. The number of para-hydroxylation sites is 1. The number of aromatic nitrogens is 2. The summed E-state index contributed by atoms with van der Waals surface area (Å²) in [7, 11) is 0. The lowest BCUT2D eigenvalue weighted by Crippen LogP contribution is -1.93. The van der Waals surface area contributed by atoms with Crippen LogP contribution >= 0.6 is 11.6 Å². The second-order valence-corrected chi connectivity index (χ2v) is 4.77. The molecule has 0 aliphatic carbocycles. The smallest absolute Gasteiger partial charge is 0.231 e. The maximum absolute atomic E-state index is 5.94. The fourth-order valence-electron chi connectivity index (χ4n) is 2.15. The molecule has 0 saturated heterocycles. The molecule has 6 heteroatoms. The van der Waals surface area contributed by atoms with E-state index in [0.29, 0.717) is 23.1 Å². The van der Waals surface area contributed by atoms with E-state index < -0.39 is 0 Å². The van der Waals surface area contributed by atoms with Crippen LogP contribution < -0.4 is 14.2 Å². The summed E-state index contributed by atoms with van der Waals surface area (Å²) in [6.45, 7) is 0.223. The van der Waals surface area contributed by atoms with Crippen molar-refractivity contribution in [1.29, 1.82) is 0 Å². The van der Waals surface area contributed by atoms with E-state index >= 15 is 0 Å². The molecule has 1 aromatic heterocycles. The van der Waals surface area contributed by atoms with E-state index in [1.165, 1.54) is 0 Å². The molecule has 1 aliphatic rings. The van der Waals surface area contributed by atoms with Crippen LogP contribution in [0.3, 0.4) is 0 Å². The highest BCUT2D eigenvalue weighted by Crippen LogP contribution is 2.37. The van der Waals surface area contributed by atoms with E-state index in [-0.39, 0.29) is 12.1 Å². The SMILES string of the molecule is Clc1nc(Oc2ccc3c(c2)OCO3)c2ccccc2n1. The minimum absolute atomic E-state index is 0.143. The van der Waals surface area contributed by atoms with Gasteiger partial charge in [0.2, 0.25) is 18.0 Å². The Balaban J connectivity index is 1.77. The highest BCUT2D eigenvalue weighted by molar-refractivity contribution is 6.28. The maximum atomic E-state index is 5.94. The number of halogens is 1. The summed E-state index contributed by atoms with van der Waals surface area (Å²) in [5.74, 6) is 2.36. The van der Waals surface area contributed by atoms with Gasteiger partial charge in [-0.2, -0.15) is 4.98 Å². The van der Waals surface area contributed by atoms with Gasteiger partial charge in [0.25, 0.3) is 0 Å². The van der Waals surface area contributed by atoms with Crippen molar-refractivity contribution in [2.75, 3.05) is 6.79 Å². The van der Waals surface area contributed by atoms with E-state index in [0.717, 1.165) is 10.9 Å². The molecule has 21 heavy (non-hydrogen) atoms. The Bertz CT molecular complexity index is 838. The molecule has 0 bridgehead atoms. The molecule has 0 fully saturated rings. The number of rotatable bonds is 2. The standard InChI is InChI=1S/C15H9ClN2O3/c16-15-17-11-4-2-1-3-10(11)14(18-15)21-9-5-6-12-13(7-9)20-8-19-12/h1-7H,8H2. The first-order valence-electron chi connectivity index (χ1n) is 6.29. The van der Waals surface area contributed by atoms with Crippen LogP contribution in [0.15, 0.2) is 42.5 Å². The predicted octanol–water partition coefficient (Wildman–Crippen LogP) is 3.80. The Morgan fingerprint density at radius 3 is 2.81 bits per heavy atom. The molecule has 104 valence electrons. The third-order valence-corrected chi connectivity index (χ3v) is 3.27. The monoisotopic (exact) mass is 300 g/mol. The van der Waals surface area contributed by atoms with Crippen LogP contribution in [0.5, 0.6) is 23.1 Å². The fourth-order valence-corrected chi connectivity index (χ4v) is 2.32. The molecule has 0 N–H and O–H groups in total. The van der Waals surface area contributed by atoms with Crippen LogP contribution in [0.4, 0.5) is 0 Å². The van der Waals surface area contributed by atoms with Gasteiger partial charge in [-0.15, -0.1) is 0 Å². The summed E-state index contributed by atoms with van der Waals surface area (Å²) in [5.41, 5.74) is 0.730. The molecular weight excluding hydrogens is 292 g/mol. The average Bonchev–Trinajstić information content (AvgIpc) is 2.94. The van der Waals surface area contributed by atoms with Gasteiger partial charge in [-0.3, -0.25) is 0 Å². The van der Waals surface area contributed by atoms with Crippen molar-refractivity contribution < 1.29 is 14.2 Å². The Labute approximate surface area is 125 Å². The topological polar surface area (TPSA) is 53.5 Å². The number of nitrogens with zero attached hydrogens (tertiary/aromatic N) is 2. The van der Waals surface area contributed by atoms with Crippen molar-refractivity contribution in [3.8, 4) is 23.1 Å². The van der Waals surface area contributed by atoms with Crippen molar-refractivity contribution in [2.24, 2.45) is 0 Å². The third kappa shape index (κ3) is 2.21. The van der Waals surface area contributed by atoms with Gasteiger partial charge in [-0.05, 0) is 35.9 Å². The number of fused-ring (bicyclic) bond motifs is 2. The third-order valence-electron chi connectivity index (χ3n) is 3.10. The second kappa shape index (κ2) is 4.79. The van der Waals surface area contributed by atoms with Gasteiger partial charge < -0.3 is 14.2 Å². The summed E-state index contributed by atoms with van der Waals surface area (Å²) in [4.78, 5) is 8.32. The quantitative estimate of drug-likeness (QED) is 0.674. The van der Waals surface area contributed by atoms with Crippen LogP contribution in [-0.4, -0.2) is 16.8 Å². The first-order valence-corrected chi connectivity index (χ1v) is 6.67. The summed E-state index contributed by atoms with van der Waals surface area (Å²) >= 11 is 5.94. The minimum atomic E-state index is 0.143. The van der Waals surface area contributed by atoms with Gasteiger partial charge in [-0.1, -0.05) is 12.1 Å². The average molecular weight is 301 g/mol. The van der Waals surface area contributed by atoms with Crippen LogP contribution in [0, 0.1) is 0 Å². The highest BCUT2D eigenvalue weighted by atomic mass is 35.5. The molecule has 0 unspecified atom stereocenters. The summed E-state index contributed by atoms with van der Waals surface area (Å²) in [5, 5.41) is 0.934. The number of ether oxygens (including phenoxy) is 3. The van der Waals surface area contributed by atoms with Gasteiger partial charge in [0.05, 0.1) is 10.9 Å². The molecule has 4 rings (SSSR count). The Morgan fingerprint density at radius 1 is 1.00 bits per heavy atom. The predicted molar refractivity (Wildman–Crippen MR) is 77.2 cm³/mol. The normalized spacial score (nSPS) is 12.6. The largest absolute Gasteiger partial charge is 0.454 e. The Hall–Kier alpha value is -2.53. The van der Waals surface area contributed by atoms with Gasteiger partial charge in [-0.25, -0.2) is 4.98 Å². The van der Waals surface area contributed by atoms with Crippen molar-refractivity contribution in [3.63, 3.8) is 0 Å². The van der Waals surface area contributed by atoms with E-state index in [2.05, 4.69) is 9.97 Å². The van der Waals surface area contributed by atoms with Crippen molar-refractivity contribution >= 4 is 22.5 Å². The molecular formula is C15H9ClN2O3. The molecule has 0 saturated carbocycles.